The summed E-state index contributed by atoms with van der Waals surface area (Å²) in [7, 11) is 0. The predicted octanol–water partition coefficient (Wildman–Crippen LogP) is 4.19. The molecule has 0 atom stereocenters. The van der Waals surface area contributed by atoms with Crippen LogP contribution in [0.3, 0.4) is 0 Å². The van der Waals surface area contributed by atoms with E-state index in [-0.39, 0.29) is 11.8 Å². The van der Waals surface area contributed by atoms with Gasteiger partial charge >= 0.3 is 12.6 Å². The zero-order valence-electron chi connectivity index (χ0n) is 13.3. The molecule has 2 amide bonds. The molecule has 0 saturated carbocycles. The monoisotopic (exact) mass is 332 g/mol. The molecule has 0 unspecified atom stereocenters. The second kappa shape index (κ2) is 6.86. The summed E-state index contributed by atoms with van der Waals surface area (Å²) >= 11 is 0. The topological polar surface area (TPSA) is 41.6 Å². The quantitative estimate of drug-likeness (QED) is 0.916. The third-order valence-electron chi connectivity index (χ3n) is 4.16. The minimum atomic E-state index is -2.90. The van der Waals surface area contributed by atoms with E-state index in [4.69, 9.17) is 0 Å². The number of anilines is 1. The van der Waals surface area contributed by atoms with E-state index in [2.05, 4.69) is 16.1 Å². The van der Waals surface area contributed by atoms with E-state index in [9.17, 15) is 13.6 Å². The Morgan fingerprint density at radius 1 is 1.17 bits per heavy atom. The summed E-state index contributed by atoms with van der Waals surface area (Å²) in [5.41, 5.74) is 3.33. The Morgan fingerprint density at radius 2 is 1.92 bits per heavy atom. The van der Waals surface area contributed by atoms with E-state index in [0.717, 1.165) is 12.0 Å². The Balaban J connectivity index is 1.72. The summed E-state index contributed by atoms with van der Waals surface area (Å²) < 4.78 is 29.3. The molecule has 0 fully saturated rings. The number of halogens is 2. The molecule has 126 valence electrons. The van der Waals surface area contributed by atoms with Gasteiger partial charge in [0.2, 0.25) is 0 Å². The van der Waals surface area contributed by atoms with Crippen LogP contribution >= 0.6 is 0 Å². The van der Waals surface area contributed by atoms with Gasteiger partial charge in [0.15, 0.2) is 0 Å². The standard InChI is InChI=1S/C18H18F2N2O2/c1-12-15(7-4-8-16(12)24-17(19)20)21-18(23)22-10-9-13-5-2-3-6-14(13)11-22/h2-8,17H,9-11H2,1H3,(H,21,23). The first-order chi connectivity index (χ1) is 11.5. The SMILES string of the molecule is Cc1c(NC(=O)N2CCc3ccccc3C2)cccc1OC(F)F. The van der Waals surface area contributed by atoms with Crippen molar-refractivity contribution < 1.29 is 18.3 Å². The number of hydrogen-bond acceptors (Lipinski definition) is 2. The van der Waals surface area contributed by atoms with Crippen LogP contribution in [0.1, 0.15) is 16.7 Å². The van der Waals surface area contributed by atoms with E-state index in [1.54, 1.807) is 24.0 Å². The Labute approximate surface area is 139 Å². The first-order valence-electron chi connectivity index (χ1n) is 7.71. The van der Waals surface area contributed by atoms with Crippen LogP contribution in [0.4, 0.5) is 19.3 Å². The molecule has 1 aliphatic rings. The molecule has 0 radical (unpaired) electrons. The molecule has 0 spiro atoms. The minimum absolute atomic E-state index is 0.0618. The van der Waals surface area contributed by atoms with Crippen LogP contribution in [0.2, 0.25) is 0 Å². The lowest BCUT2D eigenvalue weighted by Crippen LogP contribution is -2.39. The average molecular weight is 332 g/mol. The van der Waals surface area contributed by atoms with Crippen molar-refractivity contribution >= 4 is 11.7 Å². The molecule has 1 aliphatic heterocycles. The lowest BCUT2D eigenvalue weighted by atomic mass is 10.0. The van der Waals surface area contributed by atoms with Gasteiger partial charge in [-0.3, -0.25) is 0 Å². The molecule has 1 N–H and O–H groups in total. The van der Waals surface area contributed by atoms with Crippen molar-refractivity contribution in [3.63, 3.8) is 0 Å². The largest absolute Gasteiger partial charge is 0.434 e. The van der Waals surface area contributed by atoms with E-state index < -0.39 is 6.61 Å². The smallest absolute Gasteiger partial charge is 0.387 e. The van der Waals surface area contributed by atoms with Gasteiger partial charge in [0.25, 0.3) is 0 Å². The molecule has 6 heteroatoms. The van der Waals surface area contributed by atoms with E-state index in [0.29, 0.717) is 24.3 Å². The number of alkyl halides is 2. The molecule has 2 aromatic rings. The maximum Gasteiger partial charge on any atom is 0.387 e. The fraction of sp³-hybridized carbons (Fsp3) is 0.278. The first kappa shape index (κ1) is 16.2. The Morgan fingerprint density at radius 3 is 2.67 bits per heavy atom. The number of carbonyl (C=O) groups excluding carboxylic acids is 1. The second-order valence-electron chi connectivity index (χ2n) is 5.68. The molecule has 3 rings (SSSR count). The molecular weight excluding hydrogens is 314 g/mol. The number of benzene rings is 2. The van der Waals surface area contributed by atoms with Crippen LogP contribution in [0.25, 0.3) is 0 Å². The van der Waals surface area contributed by atoms with Crippen molar-refractivity contribution in [1.82, 2.24) is 4.90 Å². The zero-order chi connectivity index (χ0) is 17.1. The van der Waals surface area contributed by atoms with Crippen LogP contribution in [-0.2, 0) is 13.0 Å². The third-order valence-corrected chi connectivity index (χ3v) is 4.16. The van der Waals surface area contributed by atoms with Crippen LogP contribution in [0.5, 0.6) is 5.75 Å². The van der Waals surface area contributed by atoms with Gasteiger partial charge in [0, 0.05) is 24.3 Å². The van der Waals surface area contributed by atoms with Gasteiger partial charge in [0.05, 0.1) is 0 Å². The Kier molecular flexibility index (Phi) is 4.64. The minimum Gasteiger partial charge on any atom is -0.434 e. The summed E-state index contributed by atoms with van der Waals surface area (Å²) in [4.78, 5) is 14.2. The van der Waals surface area contributed by atoms with Crippen LogP contribution in [0.15, 0.2) is 42.5 Å². The summed E-state index contributed by atoms with van der Waals surface area (Å²) in [6, 6.07) is 12.5. The van der Waals surface area contributed by atoms with Crippen molar-refractivity contribution in [1.29, 1.82) is 0 Å². The Bertz CT molecular complexity index is 750. The molecule has 24 heavy (non-hydrogen) atoms. The maximum atomic E-state index is 12.5. The zero-order valence-corrected chi connectivity index (χ0v) is 13.3. The highest BCUT2D eigenvalue weighted by molar-refractivity contribution is 5.90. The van der Waals surface area contributed by atoms with Crippen LogP contribution in [-0.4, -0.2) is 24.1 Å². The number of nitrogens with one attached hydrogen (secondary N) is 1. The number of nitrogens with zero attached hydrogens (tertiary/aromatic N) is 1. The number of fused-ring (bicyclic) bond motifs is 1. The lowest BCUT2D eigenvalue weighted by Gasteiger charge is -2.29. The molecule has 0 saturated heterocycles. The van der Waals surface area contributed by atoms with Gasteiger partial charge in [-0.05, 0) is 36.6 Å². The van der Waals surface area contributed by atoms with Crippen LogP contribution in [0, 0.1) is 6.92 Å². The maximum absolute atomic E-state index is 12.5. The molecule has 0 aliphatic carbocycles. The average Bonchev–Trinajstić information content (AvgIpc) is 2.57. The number of urea groups is 1. The highest BCUT2D eigenvalue weighted by Gasteiger charge is 2.21. The fourth-order valence-electron chi connectivity index (χ4n) is 2.84. The van der Waals surface area contributed by atoms with Gasteiger partial charge in [-0.15, -0.1) is 0 Å². The summed E-state index contributed by atoms with van der Waals surface area (Å²) in [5.74, 6) is 0.0618. The molecule has 1 heterocycles. The number of carbonyl (C=O) groups is 1. The lowest BCUT2D eigenvalue weighted by molar-refractivity contribution is -0.0502. The van der Waals surface area contributed by atoms with Crippen molar-refractivity contribution in [2.75, 3.05) is 11.9 Å². The van der Waals surface area contributed by atoms with Crippen molar-refractivity contribution in [2.45, 2.75) is 26.5 Å². The van der Waals surface area contributed by atoms with Crippen LogP contribution < -0.4 is 10.1 Å². The highest BCUT2D eigenvalue weighted by Crippen LogP contribution is 2.27. The molecule has 2 aromatic carbocycles. The summed E-state index contributed by atoms with van der Waals surface area (Å²) in [5, 5.41) is 2.79. The first-order valence-corrected chi connectivity index (χ1v) is 7.71. The number of hydrogen-bond donors (Lipinski definition) is 1. The molecular formula is C18H18F2N2O2. The Hall–Kier alpha value is -2.63. The van der Waals surface area contributed by atoms with E-state index >= 15 is 0 Å². The van der Waals surface area contributed by atoms with Gasteiger partial charge < -0.3 is 15.0 Å². The normalized spacial score (nSPS) is 13.6. The molecule has 4 nitrogen and oxygen atoms in total. The van der Waals surface area contributed by atoms with E-state index in [1.165, 1.54) is 11.6 Å². The van der Waals surface area contributed by atoms with Crippen molar-refractivity contribution in [2.24, 2.45) is 0 Å². The number of ether oxygens (including phenoxy) is 1. The fourth-order valence-corrected chi connectivity index (χ4v) is 2.84. The number of amides is 2. The third kappa shape index (κ3) is 3.48. The van der Waals surface area contributed by atoms with Gasteiger partial charge in [-0.1, -0.05) is 30.3 Å². The second-order valence-corrected chi connectivity index (χ2v) is 5.68. The molecule has 0 aromatic heterocycles. The van der Waals surface area contributed by atoms with E-state index in [1.807, 2.05) is 18.2 Å². The van der Waals surface area contributed by atoms with Gasteiger partial charge in [-0.25, -0.2) is 4.79 Å². The number of rotatable bonds is 3. The van der Waals surface area contributed by atoms with Gasteiger partial charge in [0.1, 0.15) is 5.75 Å². The molecule has 0 bridgehead atoms. The van der Waals surface area contributed by atoms with Gasteiger partial charge in [-0.2, -0.15) is 8.78 Å². The van der Waals surface area contributed by atoms with Crippen molar-refractivity contribution in [3.8, 4) is 5.75 Å². The summed E-state index contributed by atoms with van der Waals surface area (Å²) in [6.07, 6.45) is 0.803. The predicted molar refractivity (Wildman–Crippen MR) is 87.4 cm³/mol. The van der Waals surface area contributed by atoms with Crippen molar-refractivity contribution in [3.05, 3.63) is 59.2 Å². The highest BCUT2D eigenvalue weighted by atomic mass is 19.3. The summed E-state index contributed by atoms with van der Waals surface area (Å²) in [6.45, 7) is -0.101.